The van der Waals surface area contributed by atoms with Crippen molar-refractivity contribution in [3.63, 3.8) is 0 Å². The predicted octanol–water partition coefficient (Wildman–Crippen LogP) is 7.88. The summed E-state index contributed by atoms with van der Waals surface area (Å²) in [6.45, 7) is 7.46. The van der Waals surface area contributed by atoms with E-state index in [1.165, 1.54) is 17.8 Å². The highest BCUT2D eigenvalue weighted by atomic mass is 32.2. The van der Waals surface area contributed by atoms with Crippen molar-refractivity contribution < 1.29 is 27.5 Å². The molecule has 2 N–H and O–H groups in total. The molecule has 2 aromatic heterocycles. The predicted molar refractivity (Wildman–Crippen MR) is 149 cm³/mol. The highest BCUT2D eigenvalue weighted by Crippen LogP contribution is 2.31. The third-order valence-corrected chi connectivity index (χ3v) is 6.37. The van der Waals surface area contributed by atoms with Crippen LogP contribution in [0.15, 0.2) is 87.2 Å². The lowest BCUT2D eigenvalue weighted by Gasteiger charge is -2.19. The number of carboxylic acid groups (broad SMARTS) is 1. The molecule has 1 atom stereocenters. The largest absolute Gasteiger partial charge is 0.478 e. The van der Waals surface area contributed by atoms with Crippen LogP contribution >= 0.6 is 11.8 Å². The smallest absolute Gasteiger partial charge is 0.411 e. The summed E-state index contributed by atoms with van der Waals surface area (Å²) in [4.78, 5) is 28.9. The van der Waals surface area contributed by atoms with Crippen LogP contribution in [-0.4, -0.2) is 28.5 Å². The van der Waals surface area contributed by atoms with Crippen molar-refractivity contribution in [3.8, 4) is 11.3 Å². The molecule has 0 aliphatic carbocycles. The second-order valence-electron chi connectivity index (χ2n) is 8.79. The molecule has 0 spiro atoms. The molecule has 0 aliphatic rings. The fourth-order valence-corrected chi connectivity index (χ4v) is 4.01. The summed E-state index contributed by atoms with van der Waals surface area (Å²) >= 11 is 1.54. The van der Waals surface area contributed by atoms with Gasteiger partial charge in [0.05, 0.1) is 22.0 Å². The molecule has 4 aromatic rings. The van der Waals surface area contributed by atoms with Gasteiger partial charge in [0.25, 0.3) is 0 Å². The van der Waals surface area contributed by atoms with Crippen molar-refractivity contribution in [2.75, 3.05) is 11.6 Å². The normalized spacial score (nSPS) is 11.9. The van der Waals surface area contributed by atoms with E-state index in [4.69, 9.17) is 4.42 Å². The number of nitrogens with one attached hydrogen (secondary N) is 1. The number of rotatable bonds is 6. The zero-order chi connectivity index (χ0) is 28.9. The number of aromatic carboxylic acids is 1. The van der Waals surface area contributed by atoms with E-state index in [2.05, 4.69) is 16.9 Å². The van der Waals surface area contributed by atoms with Crippen molar-refractivity contribution in [1.82, 2.24) is 4.98 Å². The Kier molecular flexibility index (Phi) is 9.24. The van der Waals surface area contributed by atoms with Gasteiger partial charge in [-0.15, -0.1) is 11.8 Å². The fourth-order valence-electron chi connectivity index (χ4n) is 3.65. The molecule has 0 amide bonds. The Morgan fingerprint density at radius 2 is 1.82 bits per heavy atom. The van der Waals surface area contributed by atoms with Crippen LogP contribution in [0, 0.1) is 6.92 Å². The van der Waals surface area contributed by atoms with Gasteiger partial charge in [0.15, 0.2) is 5.43 Å². The zero-order valence-corrected chi connectivity index (χ0v) is 22.5. The maximum absolute atomic E-state index is 12.9. The van der Waals surface area contributed by atoms with Gasteiger partial charge in [0.2, 0.25) is 0 Å². The number of halogens is 3. The lowest BCUT2D eigenvalue weighted by atomic mass is 10.00. The van der Waals surface area contributed by atoms with Crippen LogP contribution in [0.1, 0.15) is 41.4 Å². The Bertz CT molecular complexity index is 1560. The van der Waals surface area contributed by atoms with Crippen LogP contribution in [0.4, 0.5) is 18.9 Å². The Hall–Kier alpha value is -4.05. The van der Waals surface area contributed by atoms with Crippen LogP contribution in [-0.2, 0) is 0 Å². The first-order valence-corrected chi connectivity index (χ1v) is 12.9. The fraction of sp³-hybridized carbons (Fsp3) is 0.207. The van der Waals surface area contributed by atoms with Gasteiger partial charge in [-0.1, -0.05) is 24.8 Å². The minimum atomic E-state index is -4.19. The number of benzene rings is 2. The Balaban J connectivity index is 0.000000532. The maximum atomic E-state index is 12.9. The number of thioether (sulfide) groups is 1. The lowest BCUT2D eigenvalue weighted by Crippen LogP contribution is -2.12. The summed E-state index contributed by atoms with van der Waals surface area (Å²) in [6, 6.07) is 15.4. The van der Waals surface area contributed by atoms with Crippen LogP contribution in [0.25, 0.3) is 22.3 Å². The number of hydrogen-bond donors (Lipinski definition) is 2. The summed E-state index contributed by atoms with van der Waals surface area (Å²) in [7, 11) is 0. The summed E-state index contributed by atoms with van der Waals surface area (Å²) in [5.41, 5.74) is 2.65. The number of aryl methyl sites for hydroxylation is 1. The number of carboxylic acids is 1. The number of pyridine rings is 1. The molecule has 204 valence electrons. The summed E-state index contributed by atoms with van der Waals surface area (Å²) in [5, 5.41) is 14.1. The Labute approximate surface area is 227 Å². The molecule has 2 aromatic carbocycles. The van der Waals surface area contributed by atoms with Gasteiger partial charge >= 0.3 is 12.1 Å². The third kappa shape index (κ3) is 7.29. The van der Waals surface area contributed by atoms with E-state index in [0.29, 0.717) is 28.0 Å². The van der Waals surface area contributed by atoms with Crippen LogP contribution in [0.2, 0.25) is 0 Å². The number of aromatic nitrogens is 1. The molecule has 39 heavy (non-hydrogen) atoms. The summed E-state index contributed by atoms with van der Waals surface area (Å²) in [5.74, 6) is -0.574. The highest BCUT2D eigenvalue weighted by molar-refractivity contribution is 7.98. The molecule has 0 fully saturated rings. The van der Waals surface area contributed by atoms with Gasteiger partial charge in [-0.3, -0.25) is 4.79 Å². The van der Waals surface area contributed by atoms with Gasteiger partial charge in [0.1, 0.15) is 11.3 Å². The second kappa shape index (κ2) is 12.2. The van der Waals surface area contributed by atoms with Crippen LogP contribution in [0.5, 0.6) is 0 Å². The number of carbonyl (C=O) groups is 1. The Morgan fingerprint density at radius 3 is 2.38 bits per heavy atom. The van der Waals surface area contributed by atoms with E-state index in [1.54, 1.807) is 36.5 Å². The number of fused-ring (bicyclic) bond motifs is 1. The first-order valence-electron chi connectivity index (χ1n) is 11.7. The molecule has 0 bridgehead atoms. The van der Waals surface area contributed by atoms with E-state index >= 15 is 0 Å². The maximum Gasteiger partial charge on any atom is 0.411 e. The third-order valence-electron chi connectivity index (χ3n) is 5.71. The number of anilines is 1. The molecule has 4 rings (SSSR count). The van der Waals surface area contributed by atoms with Crippen LogP contribution < -0.4 is 10.7 Å². The molecule has 1 unspecified atom stereocenters. The molecule has 6 nitrogen and oxygen atoms in total. The van der Waals surface area contributed by atoms with E-state index < -0.39 is 17.7 Å². The van der Waals surface area contributed by atoms with Crippen molar-refractivity contribution in [2.24, 2.45) is 0 Å². The number of hydrogen-bond acceptors (Lipinski definition) is 6. The lowest BCUT2D eigenvalue weighted by molar-refractivity contribution is -0.0909. The molecule has 0 saturated heterocycles. The topological polar surface area (TPSA) is 92.4 Å². The minimum Gasteiger partial charge on any atom is -0.478 e. The minimum absolute atomic E-state index is 0.140. The molecular formula is C29H27F3N2O4S. The van der Waals surface area contributed by atoms with Crippen molar-refractivity contribution in [1.29, 1.82) is 0 Å². The SMILES string of the molecule is C=C(C)C(F)(F)F.CSc1ccc(-c2cc(=O)c3cc(C)cc(C(C)Nc4ccccc4C(=O)O)c3o2)cn1. The van der Waals surface area contributed by atoms with Crippen molar-refractivity contribution in [2.45, 2.75) is 38.0 Å². The van der Waals surface area contributed by atoms with E-state index in [1.807, 2.05) is 38.3 Å². The summed E-state index contributed by atoms with van der Waals surface area (Å²) in [6.07, 6.45) is -0.557. The highest BCUT2D eigenvalue weighted by Gasteiger charge is 2.27. The van der Waals surface area contributed by atoms with Crippen LogP contribution in [0.3, 0.4) is 0 Å². The molecular weight excluding hydrogens is 529 g/mol. The van der Waals surface area contributed by atoms with Gasteiger partial charge in [-0.25, -0.2) is 9.78 Å². The quantitative estimate of drug-likeness (QED) is 0.184. The molecule has 0 aliphatic heterocycles. The van der Waals surface area contributed by atoms with Crippen molar-refractivity contribution in [3.05, 3.63) is 99.9 Å². The molecule has 10 heteroatoms. The first-order chi connectivity index (χ1) is 18.3. The molecule has 0 radical (unpaired) electrons. The number of alkyl halides is 3. The molecule has 2 heterocycles. The van der Waals surface area contributed by atoms with Gasteiger partial charge in [0, 0.05) is 34.7 Å². The monoisotopic (exact) mass is 556 g/mol. The number of nitrogens with zero attached hydrogens (tertiary/aromatic N) is 1. The molecule has 0 saturated carbocycles. The van der Waals surface area contributed by atoms with Gasteiger partial charge in [-0.05, 0) is 62.9 Å². The average molecular weight is 557 g/mol. The second-order valence-corrected chi connectivity index (χ2v) is 9.62. The van der Waals surface area contributed by atoms with E-state index in [9.17, 15) is 27.9 Å². The average Bonchev–Trinajstić information content (AvgIpc) is 2.88. The zero-order valence-electron chi connectivity index (χ0n) is 21.7. The van der Waals surface area contributed by atoms with E-state index in [0.717, 1.165) is 23.1 Å². The standard InChI is InChI=1S/C25H22N2O4S.C4H5F3/c1-14-10-18(15(2)27-20-7-5-4-6-17(20)25(29)30)24-19(11-14)21(28)12-22(31-24)16-8-9-23(32-3)26-13-16;1-3(2)4(5,6)7/h4-13,15,27H,1-3H3,(H,29,30);1H2,2H3. The number of allylic oxidation sites excluding steroid dienone is 1. The summed E-state index contributed by atoms with van der Waals surface area (Å²) < 4.78 is 39.5. The Morgan fingerprint density at radius 1 is 1.15 bits per heavy atom. The number of para-hydroxylation sites is 1. The van der Waals surface area contributed by atoms with E-state index in [-0.39, 0.29) is 17.0 Å². The van der Waals surface area contributed by atoms with Gasteiger partial charge in [-0.2, -0.15) is 13.2 Å². The first kappa shape index (κ1) is 29.5. The van der Waals surface area contributed by atoms with Crippen molar-refractivity contribution >= 4 is 34.4 Å². The van der Waals surface area contributed by atoms with Gasteiger partial charge < -0.3 is 14.8 Å².